The standard InChI is InChI=1S/C22H21ClN4O3S/c1-4-26-11-10-16(25-26)12-17-20(28)27-19(14-6-8-15(23)9-7-14)18(21(29)30-5-2)13(3)24-22(27)31-17/h6-12,19H,4-5H2,1-3H3. The van der Waals surface area contributed by atoms with E-state index in [0.29, 0.717) is 31.3 Å². The van der Waals surface area contributed by atoms with Gasteiger partial charge in [-0.05, 0) is 50.6 Å². The molecule has 0 aliphatic carbocycles. The number of allylic oxidation sites excluding steroid dienone is 1. The normalized spacial score (nSPS) is 16.3. The van der Waals surface area contributed by atoms with Crippen LogP contribution in [-0.4, -0.2) is 26.9 Å². The molecule has 0 N–H and O–H groups in total. The molecule has 2 aromatic heterocycles. The fourth-order valence-corrected chi connectivity index (χ4v) is 4.67. The highest BCUT2D eigenvalue weighted by molar-refractivity contribution is 7.07. The molecular weight excluding hydrogens is 436 g/mol. The van der Waals surface area contributed by atoms with Crippen LogP contribution in [0.5, 0.6) is 0 Å². The summed E-state index contributed by atoms with van der Waals surface area (Å²) in [6.07, 6.45) is 3.61. The third-order valence-corrected chi connectivity index (χ3v) is 6.20. The zero-order valence-corrected chi connectivity index (χ0v) is 18.9. The Morgan fingerprint density at radius 3 is 2.65 bits per heavy atom. The minimum atomic E-state index is -0.650. The van der Waals surface area contributed by atoms with Crippen molar-refractivity contribution in [3.63, 3.8) is 0 Å². The van der Waals surface area contributed by atoms with Crippen LogP contribution in [0.1, 0.15) is 38.1 Å². The van der Waals surface area contributed by atoms with Crippen molar-refractivity contribution in [1.29, 1.82) is 0 Å². The van der Waals surface area contributed by atoms with Crippen LogP contribution in [0.4, 0.5) is 0 Å². The number of carbonyl (C=O) groups excluding carboxylic acids is 1. The summed E-state index contributed by atoms with van der Waals surface area (Å²) in [4.78, 5) is 31.3. The highest BCUT2D eigenvalue weighted by Crippen LogP contribution is 2.31. The summed E-state index contributed by atoms with van der Waals surface area (Å²) in [5.74, 6) is -0.486. The topological polar surface area (TPSA) is 78.5 Å². The number of aryl methyl sites for hydroxylation is 1. The Kier molecular flexibility index (Phi) is 5.93. The lowest BCUT2D eigenvalue weighted by Crippen LogP contribution is -2.39. The number of esters is 1. The van der Waals surface area contributed by atoms with E-state index in [1.54, 1.807) is 41.3 Å². The number of aromatic nitrogens is 3. The van der Waals surface area contributed by atoms with Crippen LogP contribution in [0.3, 0.4) is 0 Å². The maximum atomic E-state index is 13.4. The molecule has 7 nitrogen and oxygen atoms in total. The lowest BCUT2D eigenvalue weighted by atomic mass is 9.96. The second-order valence-electron chi connectivity index (χ2n) is 6.95. The molecule has 0 spiro atoms. The third kappa shape index (κ3) is 4.00. The SMILES string of the molecule is CCOC(=O)C1=C(C)N=c2sc(=Cc3ccn(CC)n3)c(=O)n2C1c1ccc(Cl)cc1. The molecule has 0 fully saturated rings. The highest BCUT2D eigenvalue weighted by Gasteiger charge is 2.33. The van der Waals surface area contributed by atoms with Gasteiger partial charge in [0.1, 0.15) is 0 Å². The summed E-state index contributed by atoms with van der Waals surface area (Å²) in [5.41, 5.74) is 2.09. The Morgan fingerprint density at radius 1 is 1.26 bits per heavy atom. The Labute approximate surface area is 187 Å². The first-order valence-corrected chi connectivity index (χ1v) is 11.1. The molecule has 31 heavy (non-hydrogen) atoms. The van der Waals surface area contributed by atoms with E-state index in [1.165, 1.54) is 11.3 Å². The summed E-state index contributed by atoms with van der Waals surface area (Å²) in [5, 5.41) is 5.00. The van der Waals surface area contributed by atoms with Crippen LogP contribution in [-0.2, 0) is 16.1 Å². The minimum Gasteiger partial charge on any atom is -0.463 e. The average Bonchev–Trinajstić information content (AvgIpc) is 3.32. The zero-order chi connectivity index (χ0) is 22.1. The van der Waals surface area contributed by atoms with Gasteiger partial charge in [0, 0.05) is 17.8 Å². The summed E-state index contributed by atoms with van der Waals surface area (Å²) in [6, 6.07) is 8.30. The van der Waals surface area contributed by atoms with E-state index >= 15 is 0 Å². The maximum Gasteiger partial charge on any atom is 0.338 e. The fourth-order valence-electron chi connectivity index (χ4n) is 3.52. The number of ether oxygens (including phenoxy) is 1. The van der Waals surface area contributed by atoms with Crippen molar-refractivity contribution < 1.29 is 9.53 Å². The number of halogens is 1. The van der Waals surface area contributed by atoms with Gasteiger partial charge in [-0.3, -0.25) is 14.0 Å². The maximum absolute atomic E-state index is 13.4. The predicted molar refractivity (Wildman–Crippen MR) is 120 cm³/mol. The first kappa shape index (κ1) is 21.3. The van der Waals surface area contributed by atoms with Gasteiger partial charge in [-0.25, -0.2) is 9.79 Å². The van der Waals surface area contributed by atoms with Gasteiger partial charge < -0.3 is 4.74 Å². The van der Waals surface area contributed by atoms with Crippen molar-refractivity contribution in [3.8, 4) is 0 Å². The van der Waals surface area contributed by atoms with Crippen LogP contribution in [0.15, 0.2) is 57.6 Å². The van der Waals surface area contributed by atoms with E-state index in [4.69, 9.17) is 16.3 Å². The van der Waals surface area contributed by atoms with Crippen molar-refractivity contribution in [1.82, 2.24) is 14.3 Å². The number of benzene rings is 1. The van der Waals surface area contributed by atoms with E-state index in [-0.39, 0.29) is 12.2 Å². The molecule has 0 saturated heterocycles. The second-order valence-corrected chi connectivity index (χ2v) is 8.40. The van der Waals surface area contributed by atoms with E-state index in [0.717, 1.165) is 12.1 Å². The quantitative estimate of drug-likeness (QED) is 0.553. The number of hydrogen-bond donors (Lipinski definition) is 0. The van der Waals surface area contributed by atoms with Crippen LogP contribution in [0.25, 0.3) is 6.08 Å². The smallest absolute Gasteiger partial charge is 0.338 e. The molecule has 1 aromatic carbocycles. The first-order chi connectivity index (χ1) is 14.9. The molecule has 1 unspecified atom stereocenters. The molecule has 0 amide bonds. The molecule has 0 radical (unpaired) electrons. The number of fused-ring (bicyclic) bond motifs is 1. The third-order valence-electron chi connectivity index (χ3n) is 4.97. The van der Waals surface area contributed by atoms with Gasteiger partial charge in [0.2, 0.25) is 0 Å². The van der Waals surface area contributed by atoms with Gasteiger partial charge in [0.15, 0.2) is 4.80 Å². The van der Waals surface area contributed by atoms with E-state index in [1.807, 2.05) is 31.3 Å². The summed E-state index contributed by atoms with van der Waals surface area (Å²) < 4.78 is 9.13. The number of rotatable bonds is 5. The van der Waals surface area contributed by atoms with Gasteiger partial charge in [-0.1, -0.05) is 35.1 Å². The van der Waals surface area contributed by atoms with Gasteiger partial charge in [0.25, 0.3) is 5.56 Å². The minimum absolute atomic E-state index is 0.230. The summed E-state index contributed by atoms with van der Waals surface area (Å²) in [6.45, 7) is 6.47. The Morgan fingerprint density at radius 2 is 2.00 bits per heavy atom. The number of nitrogens with zero attached hydrogens (tertiary/aromatic N) is 4. The van der Waals surface area contributed by atoms with Gasteiger partial charge in [0.05, 0.1) is 34.1 Å². The molecule has 4 rings (SSSR count). The Bertz CT molecular complexity index is 1350. The van der Waals surface area contributed by atoms with Crippen LogP contribution < -0.4 is 14.9 Å². The van der Waals surface area contributed by atoms with Crippen molar-refractivity contribution in [2.24, 2.45) is 4.99 Å². The Hall–Kier alpha value is -2.97. The molecular formula is C22H21ClN4O3S. The molecule has 160 valence electrons. The lowest BCUT2D eigenvalue weighted by Gasteiger charge is -2.24. The number of carbonyl (C=O) groups is 1. The van der Waals surface area contributed by atoms with Crippen LogP contribution in [0.2, 0.25) is 5.02 Å². The van der Waals surface area contributed by atoms with Crippen molar-refractivity contribution in [2.75, 3.05) is 6.61 Å². The van der Waals surface area contributed by atoms with Gasteiger partial charge in [-0.15, -0.1) is 0 Å². The van der Waals surface area contributed by atoms with Crippen molar-refractivity contribution >= 4 is 35.0 Å². The van der Waals surface area contributed by atoms with Gasteiger partial charge in [-0.2, -0.15) is 5.10 Å². The molecule has 3 heterocycles. The molecule has 0 saturated carbocycles. The highest BCUT2D eigenvalue weighted by atomic mass is 35.5. The first-order valence-electron chi connectivity index (χ1n) is 9.91. The molecule has 1 atom stereocenters. The summed E-state index contributed by atoms with van der Waals surface area (Å²) >= 11 is 7.34. The van der Waals surface area contributed by atoms with Crippen molar-refractivity contribution in [3.05, 3.63) is 83.8 Å². The number of thiazole rings is 1. The Balaban J connectivity index is 1.93. The molecule has 1 aliphatic heterocycles. The second kappa shape index (κ2) is 8.64. The molecule has 1 aliphatic rings. The van der Waals surface area contributed by atoms with E-state index in [9.17, 15) is 9.59 Å². The summed E-state index contributed by atoms with van der Waals surface area (Å²) in [7, 11) is 0. The molecule has 0 bridgehead atoms. The van der Waals surface area contributed by atoms with E-state index < -0.39 is 12.0 Å². The molecule has 3 aromatic rings. The van der Waals surface area contributed by atoms with Crippen molar-refractivity contribution in [2.45, 2.75) is 33.4 Å². The molecule has 9 heteroatoms. The van der Waals surface area contributed by atoms with Crippen LogP contribution >= 0.6 is 22.9 Å². The number of hydrogen-bond acceptors (Lipinski definition) is 6. The predicted octanol–water partition coefficient (Wildman–Crippen LogP) is 2.67. The largest absolute Gasteiger partial charge is 0.463 e. The monoisotopic (exact) mass is 456 g/mol. The fraction of sp³-hybridized carbons (Fsp3) is 0.273. The van der Waals surface area contributed by atoms with Gasteiger partial charge >= 0.3 is 5.97 Å². The average molecular weight is 457 g/mol. The van der Waals surface area contributed by atoms with E-state index in [2.05, 4.69) is 10.1 Å². The zero-order valence-electron chi connectivity index (χ0n) is 17.3. The van der Waals surface area contributed by atoms with Crippen LogP contribution in [0, 0.1) is 0 Å². The lowest BCUT2D eigenvalue weighted by molar-refractivity contribution is -0.139.